The first-order valence-corrected chi connectivity index (χ1v) is 5.93. The van der Waals surface area contributed by atoms with Crippen LogP contribution in [0.2, 0.25) is 0 Å². The Morgan fingerprint density at radius 1 is 1.53 bits per heavy atom. The average molecular weight is 235 g/mol. The molecule has 1 aromatic heterocycles. The van der Waals surface area contributed by atoms with Gasteiger partial charge in [-0.25, -0.2) is 0 Å². The Morgan fingerprint density at radius 3 is 2.76 bits per heavy atom. The van der Waals surface area contributed by atoms with Crippen LogP contribution in [0.25, 0.3) is 0 Å². The summed E-state index contributed by atoms with van der Waals surface area (Å²) in [6, 6.07) is 1.93. The number of nitrogens with one attached hydrogen (secondary N) is 1. The third kappa shape index (κ3) is 3.82. The van der Waals surface area contributed by atoms with Crippen LogP contribution in [0.5, 0.6) is 0 Å². The third-order valence-corrected chi connectivity index (χ3v) is 3.00. The maximum Gasteiger partial charge on any atom is 0.224 e. The second kappa shape index (κ2) is 6.35. The summed E-state index contributed by atoms with van der Waals surface area (Å²) in [5, 5.41) is 2.91. The molecule has 3 N–H and O–H groups in total. The minimum Gasteiger partial charge on any atom is -0.352 e. The lowest BCUT2D eigenvalue weighted by molar-refractivity contribution is -0.126. The lowest BCUT2D eigenvalue weighted by Crippen LogP contribution is -2.37. The van der Waals surface area contributed by atoms with E-state index >= 15 is 0 Å². The number of amides is 1. The lowest BCUT2D eigenvalue weighted by Gasteiger charge is -2.18. The molecule has 0 fully saturated rings. The third-order valence-electron chi connectivity index (χ3n) is 3.00. The Kier molecular flexibility index (Phi) is 5.10. The lowest BCUT2D eigenvalue weighted by atomic mass is 9.95. The van der Waals surface area contributed by atoms with Crippen LogP contribution in [0.3, 0.4) is 0 Å². The van der Waals surface area contributed by atoms with Crippen molar-refractivity contribution in [1.82, 2.24) is 10.3 Å². The molecular weight excluding hydrogens is 214 g/mol. The van der Waals surface area contributed by atoms with E-state index in [1.54, 1.807) is 12.4 Å². The van der Waals surface area contributed by atoms with Gasteiger partial charge in [0.15, 0.2) is 0 Å². The Bertz CT molecular complexity index is 377. The first-order valence-electron chi connectivity index (χ1n) is 5.93. The highest BCUT2D eigenvalue weighted by molar-refractivity contribution is 5.79. The fourth-order valence-electron chi connectivity index (χ4n) is 1.68. The van der Waals surface area contributed by atoms with Gasteiger partial charge in [0.1, 0.15) is 0 Å². The van der Waals surface area contributed by atoms with Crippen LogP contribution in [0.4, 0.5) is 0 Å². The zero-order chi connectivity index (χ0) is 12.8. The second-order valence-corrected chi connectivity index (χ2v) is 4.61. The molecule has 0 aliphatic heterocycles. The van der Waals surface area contributed by atoms with E-state index in [1.807, 2.05) is 26.8 Å². The van der Waals surface area contributed by atoms with Crippen molar-refractivity contribution in [3.05, 3.63) is 29.6 Å². The highest BCUT2D eigenvalue weighted by Gasteiger charge is 2.19. The van der Waals surface area contributed by atoms with Gasteiger partial charge in [0, 0.05) is 25.5 Å². The van der Waals surface area contributed by atoms with Crippen molar-refractivity contribution in [2.75, 3.05) is 6.54 Å². The molecule has 17 heavy (non-hydrogen) atoms. The maximum absolute atomic E-state index is 11.9. The molecule has 4 nitrogen and oxygen atoms in total. The summed E-state index contributed by atoms with van der Waals surface area (Å²) in [7, 11) is 0. The van der Waals surface area contributed by atoms with Gasteiger partial charge in [0.25, 0.3) is 0 Å². The van der Waals surface area contributed by atoms with Crippen molar-refractivity contribution in [2.24, 2.45) is 17.6 Å². The number of nitrogens with two attached hydrogens (primary N) is 1. The van der Waals surface area contributed by atoms with E-state index in [-0.39, 0.29) is 17.7 Å². The molecule has 0 spiro atoms. The first kappa shape index (κ1) is 13.6. The molecule has 1 amide bonds. The smallest absolute Gasteiger partial charge is 0.224 e. The van der Waals surface area contributed by atoms with E-state index < -0.39 is 0 Å². The number of aromatic nitrogens is 1. The molecule has 0 aliphatic carbocycles. The van der Waals surface area contributed by atoms with Gasteiger partial charge < -0.3 is 11.1 Å². The average Bonchev–Trinajstić information content (AvgIpc) is 2.28. The predicted octanol–water partition coefficient (Wildman–Crippen LogP) is 1.24. The van der Waals surface area contributed by atoms with Crippen LogP contribution in [0, 0.1) is 18.8 Å². The molecule has 0 bridgehead atoms. The number of pyridine rings is 1. The Hall–Kier alpha value is -1.42. The number of hydrogen-bond acceptors (Lipinski definition) is 3. The van der Waals surface area contributed by atoms with E-state index in [0.29, 0.717) is 13.1 Å². The zero-order valence-corrected chi connectivity index (χ0v) is 10.7. The van der Waals surface area contributed by atoms with E-state index in [1.165, 1.54) is 0 Å². The molecule has 94 valence electrons. The summed E-state index contributed by atoms with van der Waals surface area (Å²) >= 11 is 0. The topological polar surface area (TPSA) is 68.0 Å². The molecule has 0 radical (unpaired) electrons. The van der Waals surface area contributed by atoms with Crippen molar-refractivity contribution in [3.8, 4) is 0 Å². The van der Waals surface area contributed by atoms with Gasteiger partial charge in [0.05, 0.1) is 5.92 Å². The van der Waals surface area contributed by atoms with Crippen LogP contribution in [-0.4, -0.2) is 17.4 Å². The van der Waals surface area contributed by atoms with E-state index in [9.17, 15) is 4.79 Å². The van der Waals surface area contributed by atoms with Crippen molar-refractivity contribution in [1.29, 1.82) is 0 Å². The normalized spacial score (nSPS) is 12.5. The van der Waals surface area contributed by atoms with E-state index in [0.717, 1.165) is 11.1 Å². The Balaban J connectivity index is 2.56. The molecular formula is C13H21N3O. The SMILES string of the molecule is Cc1ccncc1CNC(=O)C(CN)C(C)C. The van der Waals surface area contributed by atoms with Crippen LogP contribution < -0.4 is 11.1 Å². The summed E-state index contributed by atoms with van der Waals surface area (Å²) in [6.07, 6.45) is 3.53. The van der Waals surface area contributed by atoms with Crippen LogP contribution in [0.15, 0.2) is 18.5 Å². The fourth-order valence-corrected chi connectivity index (χ4v) is 1.68. The molecule has 1 aromatic rings. The number of rotatable bonds is 5. The number of hydrogen-bond donors (Lipinski definition) is 2. The van der Waals surface area contributed by atoms with Crippen molar-refractivity contribution >= 4 is 5.91 Å². The summed E-state index contributed by atoms with van der Waals surface area (Å²) in [4.78, 5) is 15.9. The van der Waals surface area contributed by atoms with Crippen LogP contribution in [-0.2, 0) is 11.3 Å². The number of carbonyl (C=O) groups excluding carboxylic acids is 1. The number of carbonyl (C=O) groups is 1. The quantitative estimate of drug-likeness (QED) is 0.806. The van der Waals surface area contributed by atoms with Crippen LogP contribution in [0.1, 0.15) is 25.0 Å². The standard InChI is InChI=1S/C13H21N3O/c1-9(2)12(6-14)13(17)16-8-11-7-15-5-4-10(11)3/h4-5,7,9,12H,6,8,14H2,1-3H3,(H,16,17). The maximum atomic E-state index is 11.9. The highest BCUT2D eigenvalue weighted by atomic mass is 16.1. The van der Waals surface area contributed by atoms with E-state index in [4.69, 9.17) is 5.73 Å². The van der Waals surface area contributed by atoms with Crippen LogP contribution >= 0.6 is 0 Å². The highest BCUT2D eigenvalue weighted by Crippen LogP contribution is 2.10. The van der Waals surface area contributed by atoms with Crippen molar-refractivity contribution < 1.29 is 4.79 Å². The van der Waals surface area contributed by atoms with Gasteiger partial charge in [-0.15, -0.1) is 0 Å². The molecule has 1 unspecified atom stereocenters. The minimum atomic E-state index is -0.119. The molecule has 0 saturated carbocycles. The van der Waals surface area contributed by atoms with Gasteiger partial charge >= 0.3 is 0 Å². The molecule has 1 atom stereocenters. The largest absolute Gasteiger partial charge is 0.352 e. The summed E-state index contributed by atoms with van der Waals surface area (Å²) < 4.78 is 0. The second-order valence-electron chi connectivity index (χ2n) is 4.61. The summed E-state index contributed by atoms with van der Waals surface area (Å²) in [6.45, 7) is 6.92. The van der Waals surface area contributed by atoms with Gasteiger partial charge in [-0.1, -0.05) is 13.8 Å². The molecule has 1 heterocycles. The first-order chi connectivity index (χ1) is 8.06. The Labute approximate surface area is 103 Å². The molecule has 0 aromatic carbocycles. The zero-order valence-electron chi connectivity index (χ0n) is 10.7. The predicted molar refractivity (Wildman–Crippen MR) is 68.2 cm³/mol. The molecule has 1 rings (SSSR count). The molecule has 0 aliphatic rings. The van der Waals surface area contributed by atoms with Gasteiger partial charge in [-0.3, -0.25) is 9.78 Å². The van der Waals surface area contributed by atoms with Crippen molar-refractivity contribution in [3.63, 3.8) is 0 Å². The monoisotopic (exact) mass is 235 g/mol. The fraction of sp³-hybridized carbons (Fsp3) is 0.538. The number of aryl methyl sites for hydroxylation is 1. The Morgan fingerprint density at radius 2 is 2.24 bits per heavy atom. The van der Waals surface area contributed by atoms with Crippen molar-refractivity contribution in [2.45, 2.75) is 27.3 Å². The number of nitrogens with zero attached hydrogens (tertiary/aromatic N) is 1. The summed E-state index contributed by atoms with van der Waals surface area (Å²) in [5.74, 6) is 0.160. The van der Waals surface area contributed by atoms with E-state index in [2.05, 4.69) is 10.3 Å². The summed E-state index contributed by atoms with van der Waals surface area (Å²) in [5.41, 5.74) is 7.78. The van der Waals surface area contributed by atoms with Gasteiger partial charge in [-0.2, -0.15) is 0 Å². The molecule has 4 heteroatoms. The van der Waals surface area contributed by atoms with Gasteiger partial charge in [-0.05, 0) is 30.0 Å². The minimum absolute atomic E-state index is 0.0192. The molecule has 0 saturated heterocycles. The van der Waals surface area contributed by atoms with Gasteiger partial charge in [0.2, 0.25) is 5.91 Å².